The van der Waals surface area contributed by atoms with Gasteiger partial charge < -0.3 is 10.6 Å². The molecule has 0 radical (unpaired) electrons. The number of hydrogen-bond acceptors (Lipinski definition) is 2. The molecule has 1 aliphatic carbocycles. The summed E-state index contributed by atoms with van der Waals surface area (Å²) in [7, 11) is 0. The number of halogens is 2. The Balaban J connectivity index is 1.63. The van der Waals surface area contributed by atoms with Gasteiger partial charge in [0, 0.05) is 12.2 Å². The van der Waals surface area contributed by atoms with Gasteiger partial charge in [-0.3, -0.25) is 9.59 Å². The molecular weight excluding hydrogens is 359 g/mol. The first-order valence-electron chi connectivity index (χ1n) is 8.01. The molecule has 2 aromatic rings. The fraction of sp³-hybridized carbons (Fsp3) is 0.263. The van der Waals surface area contributed by atoms with Crippen molar-refractivity contribution in [3.05, 3.63) is 63.6 Å². The molecule has 6 heteroatoms. The summed E-state index contributed by atoms with van der Waals surface area (Å²) in [5, 5.41) is 6.40. The predicted octanol–water partition coefficient (Wildman–Crippen LogP) is 4.34. The maximum atomic E-state index is 12.6. The molecule has 25 heavy (non-hydrogen) atoms. The van der Waals surface area contributed by atoms with E-state index in [1.54, 1.807) is 18.2 Å². The molecular formula is C19H18Cl2N2O2. The average Bonchev–Trinajstić information content (AvgIpc) is 3.38. The van der Waals surface area contributed by atoms with Gasteiger partial charge in [0.1, 0.15) is 5.41 Å². The third-order valence-corrected chi connectivity index (χ3v) is 5.07. The number of amides is 2. The average molecular weight is 377 g/mol. The van der Waals surface area contributed by atoms with Crippen molar-refractivity contribution in [3.8, 4) is 0 Å². The van der Waals surface area contributed by atoms with Crippen LogP contribution in [0.15, 0.2) is 42.5 Å². The molecule has 1 aliphatic rings. The Morgan fingerprint density at radius 1 is 1.04 bits per heavy atom. The summed E-state index contributed by atoms with van der Waals surface area (Å²) in [6, 6.07) is 12.7. The molecule has 1 saturated carbocycles. The lowest BCUT2D eigenvalue weighted by atomic mass is 10.0. The molecule has 0 saturated heterocycles. The second-order valence-electron chi connectivity index (χ2n) is 6.34. The van der Waals surface area contributed by atoms with Crippen LogP contribution in [0.1, 0.15) is 24.0 Å². The number of carbonyl (C=O) groups is 2. The van der Waals surface area contributed by atoms with Gasteiger partial charge in [0.15, 0.2) is 0 Å². The van der Waals surface area contributed by atoms with Gasteiger partial charge >= 0.3 is 0 Å². The van der Waals surface area contributed by atoms with Crippen molar-refractivity contribution < 1.29 is 9.59 Å². The zero-order valence-corrected chi connectivity index (χ0v) is 15.2. The molecule has 3 rings (SSSR count). The first-order valence-corrected chi connectivity index (χ1v) is 8.77. The van der Waals surface area contributed by atoms with Gasteiger partial charge in [-0.25, -0.2) is 0 Å². The summed E-state index contributed by atoms with van der Waals surface area (Å²) in [5.74, 6) is -0.556. The van der Waals surface area contributed by atoms with Crippen molar-refractivity contribution in [2.45, 2.75) is 26.3 Å². The minimum Gasteiger partial charge on any atom is -0.351 e. The summed E-state index contributed by atoms with van der Waals surface area (Å²) in [6.45, 7) is 2.40. The van der Waals surface area contributed by atoms with Crippen LogP contribution < -0.4 is 10.6 Å². The smallest absolute Gasteiger partial charge is 0.240 e. The Labute approximate surface area is 156 Å². The van der Waals surface area contributed by atoms with E-state index in [2.05, 4.69) is 10.6 Å². The van der Waals surface area contributed by atoms with Crippen LogP contribution >= 0.6 is 23.2 Å². The highest BCUT2D eigenvalue weighted by Gasteiger charge is 2.56. The van der Waals surface area contributed by atoms with Gasteiger partial charge in [-0.2, -0.15) is 0 Å². The number of carbonyl (C=O) groups excluding carboxylic acids is 2. The van der Waals surface area contributed by atoms with Crippen LogP contribution in [0.25, 0.3) is 0 Å². The first kappa shape index (κ1) is 17.8. The van der Waals surface area contributed by atoms with Crippen LogP contribution in [0.5, 0.6) is 0 Å². The second kappa shape index (κ2) is 7.06. The fourth-order valence-corrected chi connectivity index (χ4v) is 2.98. The summed E-state index contributed by atoms with van der Waals surface area (Å²) in [6.07, 6.45) is 1.08. The van der Waals surface area contributed by atoms with Crippen molar-refractivity contribution in [3.63, 3.8) is 0 Å². The monoisotopic (exact) mass is 376 g/mol. The topological polar surface area (TPSA) is 58.2 Å². The van der Waals surface area contributed by atoms with Crippen molar-refractivity contribution >= 4 is 40.7 Å². The second-order valence-corrected chi connectivity index (χ2v) is 7.15. The van der Waals surface area contributed by atoms with Crippen LogP contribution in [-0.2, 0) is 16.1 Å². The third kappa shape index (κ3) is 3.97. The summed E-state index contributed by atoms with van der Waals surface area (Å²) in [4.78, 5) is 25.1. The van der Waals surface area contributed by atoms with Gasteiger partial charge in [0.25, 0.3) is 0 Å². The molecule has 0 aliphatic heterocycles. The molecule has 0 aromatic heterocycles. The largest absolute Gasteiger partial charge is 0.351 e. The lowest BCUT2D eigenvalue weighted by Crippen LogP contribution is -2.39. The standard InChI is InChI=1S/C19H18Cl2N2O2/c1-12-3-2-4-13(9-12)11-22-17(24)19(7-8-19)18(25)23-14-5-6-15(20)16(21)10-14/h2-6,9-10H,7-8,11H2,1H3,(H,22,24)(H,23,25). The van der Waals surface area contributed by atoms with E-state index in [0.717, 1.165) is 11.1 Å². The minimum absolute atomic E-state index is 0.244. The van der Waals surface area contributed by atoms with E-state index < -0.39 is 5.41 Å². The molecule has 130 valence electrons. The van der Waals surface area contributed by atoms with Crippen molar-refractivity contribution in [1.29, 1.82) is 0 Å². The van der Waals surface area contributed by atoms with E-state index in [1.165, 1.54) is 0 Å². The summed E-state index contributed by atoms with van der Waals surface area (Å²) in [5.41, 5.74) is 1.67. The zero-order chi connectivity index (χ0) is 18.0. The summed E-state index contributed by atoms with van der Waals surface area (Å²) < 4.78 is 0. The molecule has 4 nitrogen and oxygen atoms in total. The minimum atomic E-state index is -0.990. The number of aryl methyl sites for hydroxylation is 1. The predicted molar refractivity (Wildman–Crippen MR) is 99.8 cm³/mol. The van der Waals surface area contributed by atoms with E-state index in [1.807, 2.05) is 31.2 Å². The van der Waals surface area contributed by atoms with Crippen molar-refractivity contribution in [2.75, 3.05) is 5.32 Å². The van der Waals surface area contributed by atoms with E-state index in [4.69, 9.17) is 23.2 Å². The highest BCUT2D eigenvalue weighted by molar-refractivity contribution is 6.42. The van der Waals surface area contributed by atoms with Crippen molar-refractivity contribution in [2.24, 2.45) is 5.41 Å². The van der Waals surface area contributed by atoms with Crippen LogP contribution in [0, 0.1) is 12.3 Å². The van der Waals surface area contributed by atoms with E-state index >= 15 is 0 Å². The Kier molecular flexibility index (Phi) is 5.02. The van der Waals surface area contributed by atoms with Gasteiger partial charge in [0.05, 0.1) is 10.0 Å². The number of nitrogens with one attached hydrogen (secondary N) is 2. The lowest BCUT2D eigenvalue weighted by molar-refractivity contribution is -0.134. The molecule has 0 heterocycles. The molecule has 2 N–H and O–H groups in total. The molecule has 0 bridgehead atoms. The van der Waals surface area contributed by atoms with Gasteiger partial charge in [-0.15, -0.1) is 0 Å². The maximum Gasteiger partial charge on any atom is 0.240 e. The van der Waals surface area contributed by atoms with Crippen LogP contribution in [0.4, 0.5) is 5.69 Å². The summed E-state index contributed by atoms with van der Waals surface area (Å²) >= 11 is 11.8. The van der Waals surface area contributed by atoms with Crippen molar-refractivity contribution in [1.82, 2.24) is 5.32 Å². The molecule has 0 atom stereocenters. The Hall–Kier alpha value is -2.04. The Morgan fingerprint density at radius 3 is 2.44 bits per heavy atom. The highest BCUT2D eigenvalue weighted by atomic mass is 35.5. The zero-order valence-electron chi connectivity index (χ0n) is 13.7. The van der Waals surface area contributed by atoms with E-state index in [-0.39, 0.29) is 11.8 Å². The van der Waals surface area contributed by atoms with E-state index in [9.17, 15) is 9.59 Å². The van der Waals surface area contributed by atoms with Gasteiger partial charge in [-0.05, 0) is 43.5 Å². The van der Waals surface area contributed by atoms with Crippen LogP contribution in [-0.4, -0.2) is 11.8 Å². The SMILES string of the molecule is Cc1cccc(CNC(=O)C2(C(=O)Nc3ccc(Cl)c(Cl)c3)CC2)c1. The van der Waals surface area contributed by atoms with Crippen LogP contribution in [0.3, 0.4) is 0 Å². The van der Waals surface area contributed by atoms with Gasteiger partial charge in [-0.1, -0.05) is 53.0 Å². The molecule has 1 fully saturated rings. The highest BCUT2D eigenvalue weighted by Crippen LogP contribution is 2.47. The van der Waals surface area contributed by atoms with Crippen LogP contribution in [0.2, 0.25) is 10.0 Å². The Morgan fingerprint density at radius 2 is 1.80 bits per heavy atom. The quantitative estimate of drug-likeness (QED) is 0.762. The normalized spacial score (nSPS) is 14.7. The fourth-order valence-electron chi connectivity index (χ4n) is 2.68. The number of hydrogen-bond donors (Lipinski definition) is 2. The van der Waals surface area contributed by atoms with Gasteiger partial charge in [0.2, 0.25) is 11.8 Å². The number of benzene rings is 2. The number of anilines is 1. The Bertz CT molecular complexity index is 832. The number of rotatable bonds is 5. The lowest BCUT2D eigenvalue weighted by Gasteiger charge is -2.16. The first-order chi connectivity index (χ1) is 11.9. The third-order valence-electron chi connectivity index (χ3n) is 4.33. The molecule has 0 spiro atoms. The molecule has 2 amide bonds. The molecule has 2 aromatic carbocycles. The maximum absolute atomic E-state index is 12.6. The molecule has 0 unspecified atom stereocenters. The van der Waals surface area contributed by atoms with E-state index in [0.29, 0.717) is 35.1 Å².